The van der Waals surface area contributed by atoms with E-state index in [1.807, 2.05) is 27.7 Å². The minimum absolute atomic E-state index is 0.169. The van der Waals surface area contributed by atoms with Gasteiger partial charge in [-0.3, -0.25) is 19.3 Å². The molecule has 0 aromatic heterocycles. The number of rotatable bonds is 21. The highest BCUT2D eigenvalue weighted by molar-refractivity contribution is 5.79. The minimum atomic E-state index is -1.25. The van der Waals surface area contributed by atoms with Crippen LogP contribution in [0.5, 0.6) is 0 Å². The second kappa shape index (κ2) is 19.2. The molecule has 1 amide bonds. The first kappa shape index (κ1) is 36.1. The van der Waals surface area contributed by atoms with Crippen LogP contribution in [0.4, 0.5) is 0 Å². The zero-order valence-electron chi connectivity index (χ0n) is 26.2. The van der Waals surface area contributed by atoms with Crippen LogP contribution in [0.2, 0.25) is 0 Å². The summed E-state index contributed by atoms with van der Waals surface area (Å²) in [5.41, 5.74) is -2.50. The highest BCUT2D eigenvalue weighted by atomic mass is 16.6. The number of amides is 1. The number of esters is 2. The van der Waals surface area contributed by atoms with E-state index in [4.69, 9.17) is 9.47 Å². The van der Waals surface area contributed by atoms with Crippen LogP contribution in [0.25, 0.3) is 0 Å². The van der Waals surface area contributed by atoms with Crippen molar-refractivity contribution in [3.63, 3.8) is 0 Å². The number of nitrogens with zero attached hydrogens (tertiary/aromatic N) is 1. The maximum absolute atomic E-state index is 13.7. The molecule has 0 fully saturated rings. The predicted octanol–water partition coefficient (Wildman–Crippen LogP) is 8.72. The Bertz CT molecular complexity index is 683. The van der Waals surface area contributed by atoms with Gasteiger partial charge in [-0.25, -0.2) is 0 Å². The van der Waals surface area contributed by atoms with Crippen molar-refractivity contribution in [2.75, 3.05) is 0 Å². The van der Waals surface area contributed by atoms with Gasteiger partial charge in [-0.05, 0) is 46.0 Å². The van der Waals surface area contributed by atoms with Crippen LogP contribution in [0.3, 0.4) is 0 Å². The first-order valence-corrected chi connectivity index (χ1v) is 15.2. The lowest BCUT2D eigenvalue weighted by Crippen LogP contribution is -2.67. The second-order valence-electron chi connectivity index (χ2n) is 11.7. The summed E-state index contributed by atoms with van der Waals surface area (Å²) in [6.45, 7) is 16.0. The molecule has 0 aliphatic heterocycles. The summed E-state index contributed by atoms with van der Waals surface area (Å²) in [5.74, 6) is -1.54. The Labute approximate surface area is 234 Å². The highest BCUT2D eigenvalue weighted by Crippen LogP contribution is 2.39. The Hall–Kier alpha value is -1.85. The number of ether oxygens (including phenoxy) is 2. The molecule has 0 saturated carbocycles. The maximum Gasteiger partial charge on any atom is 0.304 e. The van der Waals surface area contributed by atoms with E-state index in [1.54, 1.807) is 13.8 Å². The number of hydrogen-bond donors (Lipinski definition) is 0. The third kappa shape index (κ3) is 13.3. The molecule has 2 atom stereocenters. The van der Waals surface area contributed by atoms with Gasteiger partial charge in [0, 0.05) is 32.1 Å². The van der Waals surface area contributed by atoms with Gasteiger partial charge >= 0.3 is 11.9 Å². The molecule has 0 aromatic rings. The Morgan fingerprint density at radius 1 is 0.658 bits per heavy atom. The summed E-state index contributed by atoms with van der Waals surface area (Å²) in [4.78, 5) is 39.3. The number of carbonyl (C=O) groups is 3. The molecule has 0 N–H and O–H groups in total. The second-order valence-corrected chi connectivity index (χ2v) is 11.7. The molecule has 6 nitrogen and oxygen atoms in total. The SMILES string of the molecule is CCCCCCCCC=CCCCCCCCC(=O)N(C(C)(OC(C)=O)C(C)C)C(C)(OC(C)=O)C(C)C. The Kier molecular flexibility index (Phi) is 18.3. The zero-order chi connectivity index (χ0) is 29.2. The van der Waals surface area contributed by atoms with Crippen molar-refractivity contribution in [3.8, 4) is 0 Å². The van der Waals surface area contributed by atoms with E-state index < -0.39 is 23.4 Å². The van der Waals surface area contributed by atoms with Gasteiger partial charge in [0.2, 0.25) is 5.91 Å². The lowest BCUT2D eigenvalue weighted by molar-refractivity contribution is -0.259. The maximum atomic E-state index is 13.7. The number of hydrogen-bond acceptors (Lipinski definition) is 5. The summed E-state index contributed by atoms with van der Waals surface area (Å²) in [6, 6.07) is 0. The van der Waals surface area contributed by atoms with Gasteiger partial charge < -0.3 is 9.47 Å². The average Bonchev–Trinajstić information content (AvgIpc) is 2.80. The number of allylic oxidation sites excluding steroid dienone is 2. The first-order chi connectivity index (χ1) is 17.8. The molecule has 0 heterocycles. The molecule has 6 heteroatoms. The van der Waals surface area contributed by atoms with Gasteiger partial charge in [0.1, 0.15) is 0 Å². The summed E-state index contributed by atoms with van der Waals surface area (Å²) < 4.78 is 11.5. The van der Waals surface area contributed by atoms with Crippen molar-refractivity contribution in [3.05, 3.63) is 12.2 Å². The minimum Gasteiger partial charge on any atom is -0.439 e. The van der Waals surface area contributed by atoms with Gasteiger partial charge in [-0.2, -0.15) is 0 Å². The van der Waals surface area contributed by atoms with Crippen molar-refractivity contribution < 1.29 is 23.9 Å². The van der Waals surface area contributed by atoms with Gasteiger partial charge in [0.05, 0.1) is 0 Å². The Morgan fingerprint density at radius 2 is 1.03 bits per heavy atom. The molecule has 0 bridgehead atoms. The molecule has 0 aromatic carbocycles. The molecule has 38 heavy (non-hydrogen) atoms. The Balaban J connectivity index is 4.86. The molecule has 0 spiro atoms. The van der Waals surface area contributed by atoms with E-state index in [0.717, 1.165) is 32.1 Å². The molecule has 0 radical (unpaired) electrons. The molecule has 0 aliphatic rings. The van der Waals surface area contributed by atoms with E-state index >= 15 is 0 Å². The fourth-order valence-corrected chi connectivity index (χ4v) is 4.82. The van der Waals surface area contributed by atoms with E-state index in [9.17, 15) is 14.4 Å². The molecule has 0 saturated heterocycles. The lowest BCUT2D eigenvalue weighted by atomic mass is 9.90. The Morgan fingerprint density at radius 3 is 1.39 bits per heavy atom. The van der Waals surface area contributed by atoms with Crippen LogP contribution in [0.1, 0.15) is 152 Å². The third-order valence-corrected chi connectivity index (χ3v) is 7.63. The fourth-order valence-electron chi connectivity index (χ4n) is 4.82. The van der Waals surface area contributed by atoms with Gasteiger partial charge in [0.15, 0.2) is 11.4 Å². The number of unbranched alkanes of at least 4 members (excludes halogenated alkanes) is 11. The van der Waals surface area contributed by atoms with Crippen molar-refractivity contribution in [1.82, 2.24) is 4.90 Å². The average molecular weight is 538 g/mol. The van der Waals surface area contributed by atoms with Gasteiger partial charge in [0.25, 0.3) is 0 Å². The molecular formula is C32H59NO5. The van der Waals surface area contributed by atoms with Crippen LogP contribution < -0.4 is 0 Å². The lowest BCUT2D eigenvalue weighted by Gasteiger charge is -2.52. The van der Waals surface area contributed by atoms with Gasteiger partial charge in [-0.1, -0.05) is 98.1 Å². The van der Waals surface area contributed by atoms with Crippen LogP contribution in [-0.4, -0.2) is 34.2 Å². The van der Waals surface area contributed by atoms with E-state index in [0.29, 0.717) is 6.42 Å². The topological polar surface area (TPSA) is 72.9 Å². The summed E-state index contributed by atoms with van der Waals surface area (Å²) in [5, 5.41) is 0. The zero-order valence-corrected chi connectivity index (χ0v) is 26.2. The molecule has 0 aliphatic carbocycles. The third-order valence-electron chi connectivity index (χ3n) is 7.63. The van der Waals surface area contributed by atoms with Crippen LogP contribution >= 0.6 is 0 Å². The molecule has 222 valence electrons. The fraction of sp³-hybridized carbons (Fsp3) is 0.844. The first-order valence-electron chi connectivity index (χ1n) is 15.2. The van der Waals surface area contributed by atoms with Gasteiger partial charge in [-0.15, -0.1) is 0 Å². The number of carbonyl (C=O) groups excluding carboxylic acids is 3. The molecule has 2 unspecified atom stereocenters. The smallest absolute Gasteiger partial charge is 0.304 e. The van der Waals surface area contributed by atoms with Crippen molar-refractivity contribution in [2.45, 2.75) is 164 Å². The monoisotopic (exact) mass is 537 g/mol. The van der Waals surface area contributed by atoms with Crippen LogP contribution in [0, 0.1) is 11.8 Å². The predicted molar refractivity (Wildman–Crippen MR) is 156 cm³/mol. The van der Waals surface area contributed by atoms with E-state index in [1.165, 1.54) is 70.1 Å². The normalized spacial score (nSPS) is 14.9. The van der Waals surface area contributed by atoms with Crippen LogP contribution in [-0.2, 0) is 23.9 Å². The van der Waals surface area contributed by atoms with Crippen LogP contribution in [0.15, 0.2) is 12.2 Å². The van der Waals surface area contributed by atoms with E-state index in [2.05, 4.69) is 19.1 Å². The largest absolute Gasteiger partial charge is 0.439 e. The van der Waals surface area contributed by atoms with Crippen molar-refractivity contribution in [1.29, 1.82) is 0 Å². The summed E-state index contributed by atoms with van der Waals surface area (Å²) in [7, 11) is 0. The van der Waals surface area contributed by atoms with Crippen molar-refractivity contribution >= 4 is 17.8 Å². The van der Waals surface area contributed by atoms with E-state index in [-0.39, 0.29) is 17.7 Å². The molecule has 0 rings (SSSR count). The summed E-state index contributed by atoms with van der Waals surface area (Å²) in [6.07, 6.45) is 20.4. The summed E-state index contributed by atoms with van der Waals surface area (Å²) >= 11 is 0. The van der Waals surface area contributed by atoms with Crippen molar-refractivity contribution in [2.24, 2.45) is 11.8 Å². The highest BCUT2D eigenvalue weighted by Gasteiger charge is 2.53. The standard InChI is InChI=1S/C32H59NO5/c1-10-11-12-13-14-15-16-17-18-19-20-21-22-23-24-25-30(36)33(31(8,26(2)3)37-28(6)34)32(9,27(4)5)38-29(7)35/h17-18,26-27H,10-16,19-25H2,1-9H3. The quantitative estimate of drug-likeness (QED) is 0.0633. The molecular weight excluding hydrogens is 478 g/mol.